The van der Waals surface area contributed by atoms with Crippen molar-refractivity contribution >= 4 is 5.69 Å². The van der Waals surface area contributed by atoms with Crippen LogP contribution in [-0.4, -0.2) is 40.6 Å². The molecule has 1 aromatic heterocycles. The molecule has 0 bridgehead atoms. The van der Waals surface area contributed by atoms with Gasteiger partial charge in [0.15, 0.2) is 0 Å². The highest BCUT2D eigenvalue weighted by atomic mass is 15.3. The van der Waals surface area contributed by atoms with Crippen molar-refractivity contribution in [1.82, 2.24) is 14.5 Å². The van der Waals surface area contributed by atoms with E-state index in [0.717, 1.165) is 49.8 Å². The standard InChI is InChI=1S/C16H19N5/c1-19-7-6-18-16(19)13-20-8-10-21(11-9-20)15-5-3-2-4-14(15)12-17/h2-7H,8-11,13H2,1H3. The third kappa shape index (κ3) is 2.91. The lowest BCUT2D eigenvalue weighted by atomic mass is 10.1. The van der Waals surface area contributed by atoms with Gasteiger partial charge < -0.3 is 9.47 Å². The number of nitrogens with zero attached hydrogens (tertiary/aromatic N) is 5. The van der Waals surface area contributed by atoms with Crippen LogP contribution in [0.1, 0.15) is 11.4 Å². The predicted octanol–water partition coefficient (Wildman–Crippen LogP) is 1.61. The average Bonchev–Trinajstić information content (AvgIpc) is 2.93. The number of aryl methyl sites for hydroxylation is 1. The van der Waals surface area contributed by atoms with E-state index in [1.165, 1.54) is 0 Å². The molecular weight excluding hydrogens is 262 g/mol. The minimum absolute atomic E-state index is 0.759. The molecule has 1 aliphatic rings. The first-order chi connectivity index (χ1) is 10.3. The Balaban J connectivity index is 1.63. The van der Waals surface area contributed by atoms with E-state index in [4.69, 9.17) is 0 Å². The lowest BCUT2D eigenvalue weighted by Gasteiger charge is -2.36. The number of benzene rings is 1. The molecular formula is C16H19N5. The van der Waals surface area contributed by atoms with E-state index in [1.54, 1.807) is 0 Å². The van der Waals surface area contributed by atoms with E-state index in [9.17, 15) is 5.26 Å². The molecule has 0 unspecified atom stereocenters. The molecule has 108 valence electrons. The first kappa shape index (κ1) is 13.7. The lowest BCUT2D eigenvalue weighted by molar-refractivity contribution is 0.242. The number of piperazine rings is 1. The van der Waals surface area contributed by atoms with Crippen LogP contribution in [0.4, 0.5) is 5.69 Å². The van der Waals surface area contributed by atoms with E-state index < -0.39 is 0 Å². The smallest absolute Gasteiger partial charge is 0.122 e. The Labute approximate surface area is 125 Å². The first-order valence-electron chi connectivity index (χ1n) is 7.20. The van der Waals surface area contributed by atoms with Gasteiger partial charge in [-0.1, -0.05) is 12.1 Å². The van der Waals surface area contributed by atoms with E-state index in [2.05, 4.69) is 25.4 Å². The van der Waals surface area contributed by atoms with Crippen molar-refractivity contribution in [3.63, 3.8) is 0 Å². The van der Waals surface area contributed by atoms with Gasteiger partial charge in [0.2, 0.25) is 0 Å². The van der Waals surface area contributed by atoms with Crippen molar-refractivity contribution in [2.24, 2.45) is 7.05 Å². The van der Waals surface area contributed by atoms with Gasteiger partial charge in [-0.3, -0.25) is 4.90 Å². The van der Waals surface area contributed by atoms with Gasteiger partial charge in [0.1, 0.15) is 11.9 Å². The number of hydrogen-bond donors (Lipinski definition) is 0. The molecule has 1 saturated heterocycles. The highest BCUT2D eigenvalue weighted by molar-refractivity contribution is 5.59. The maximum atomic E-state index is 9.20. The van der Waals surface area contributed by atoms with Gasteiger partial charge in [-0.25, -0.2) is 4.98 Å². The summed E-state index contributed by atoms with van der Waals surface area (Å²) in [5.41, 5.74) is 1.81. The van der Waals surface area contributed by atoms with Crippen molar-refractivity contribution in [1.29, 1.82) is 5.26 Å². The number of rotatable bonds is 3. The quantitative estimate of drug-likeness (QED) is 0.857. The number of aromatic nitrogens is 2. The molecule has 3 rings (SSSR count). The zero-order chi connectivity index (χ0) is 14.7. The zero-order valence-corrected chi connectivity index (χ0v) is 12.2. The summed E-state index contributed by atoms with van der Waals surface area (Å²) in [5, 5.41) is 9.20. The summed E-state index contributed by atoms with van der Waals surface area (Å²) in [6.07, 6.45) is 3.82. The number of hydrogen-bond acceptors (Lipinski definition) is 4. The highest BCUT2D eigenvalue weighted by Gasteiger charge is 2.19. The van der Waals surface area contributed by atoms with Crippen molar-refractivity contribution in [3.8, 4) is 6.07 Å². The van der Waals surface area contributed by atoms with Gasteiger partial charge in [0.05, 0.1) is 17.8 Å². The van der Waals surface area contributed by atoms with Gasteiger partial charge in [-0.2, -0.15) is 5.26 Å². The summed E-state index contributed by atoms with van der Waals surface area (Å²) in [6.45, 7) is 4.77. The Kier molecular flexibility index (Phi) is 3.89. The molecule has 5 nitrogen and oxygen atoms in total. The first-order valence-corrected chi connectivity index (χ1v) is 7.20. The van der Waals surface area contributed by atoms with Crippen molar-refractivity contribution in [2.75, 3.05) is 31.1 Å². The average molecular weight is 281 g/mol. The molecule has 2 heterocycles. The fraction of sp³-hybridized carbons (Fsp3) is 0.375. The lowest BCUT2D eigenvalue weighted by Crippen LogP contribution is -2.46. The van der Waals surface area contributed by atoms with Crippen molar-refractivity contribution in [2.45, 2.75) is 6.54 Å². The molecule has 0 N–H and O–H groups in total. The van der Waals surface area contributed by atoms with Crippen LogP contribution in [0.3, 0.4) is 0 Å². The van der Waals surface area contributed by atoms with Crippen LogP contribution >= 0.6 is 0 Å². The topological polar surface area (TPSA) is 48.1 Å². The van der Waals surface area contributed by atoms with Crippen LogP contribution in [0.5, 0.6) is 0 Å². The minimum atomic E-state index is 0.759. The fourth-order valence-corrected chi connectivity index (χ4v) is 2.74. The summed E-state index contributed by atoms with van der Waals surface area (Å²) < 4.78 is 2.07. The summed E-state index contributed by atoms with van der Waals surface area (Å²) in [5.74, 6) is 1.10. The molecule has 0 aliphatic carbocycles. The van der Waals surface area contributed by atoms with Crippen LogP contribution in [0.25, 0.3) is 0 Å². The normalized spacial score (nSPS) is 15.9. The summed E-state index contributed by atoms with van der Waals surface area (Å²) in [6, 6.07) is 10.1. The van der Waals surface area contributed by atoms with Gasteiger partial charge in [-0.05, 0) is 12.1 Å². The predicted molar refractivity (Wildman–Crippen MR) is 81.9 cm³/mol. The van der Waals surface area contributed by atoms with E-state index >= 15 is 0 Å². The second-order valence-electron chi connectivity index (χ2n) is 5.35. The number of para-hydroxylation sites is 1. The Morgan fingerprint density at radius 1 is 1.19 bits per heavy atom. The van der Waals surface area contributed by atoms with Gasteiger partial charge in [0, 0.05) is 45.6 Å². The summed E-state index contributed by atoms with van der Waals surface area (Å²) in [4.78, 5) is 9.09. The maximum absolute atomic E-state index is 9.20. The van der Waals surface area contributed by atoms with Crippen LogP contribution < -0.4 is 4.90 Å². The van der Waals surface area contributed by atoms with Crippen LogP contribution in [0.2, 0.25) is 0 Å². The van der Waals surface area contributed by atoms with Crippen LogP contribution in [0.15, 0.2) is 36.7 Å². The van der Waals surface area contributed by atoms with Crippen LogP contribution in [0, 0.1) is 11.3 Å². The fourth-order valence-electron chi connectivity index (χ4n) is 2.74. The largest absolute Gasteiger partial charge is 0.368 e. The maximum Gasteiger partial charge on any atom is 0.122 e. The summed E-state index contributed by atoms with van der Waals surface area (Å²) >= 11 is 0. The molecule has 21 heavy (non-hydrogen) atoms. The van der Waals surface area contributed by atoms with Crippen molar-refractivity contribution < 1.29 is 0 Å². The zero-order valence-electron chi connectivity index (χ0n) is 12.2. The third-order valence-corrected chi connectivity index (χ3v) is 4.02. The molecule has 0 radical (unpaired) electrons. The van der Waals surface area contributed by atoms with Crippen molar-refractivity contribution in [3.05, 3.63) is 48.0 Å². The molecule has 1 aliphatic heterocycles. The van der Waals surface area contributed by atoms with Crippen LogP contribution in [-0.2, 0) is 13.6 Å². The molecule has 0 spiro atoms. The number of nitriles is 1. The number of anilines is 1. The van der Waals surface area contributed by atoms with E-state index in [1.807, 2.05) is 43.7 Å². The second-order valence-corrected chi connectivity index (χ2v) is 5.35. The molecule has 1 aromatic carbocycles. The molecule has 0 atom stereocenters. The Bertz CT molecular complexity index is 647. The van der Waals surface area contributed by atoms with E-state index in [0.29, 0.717) is 0 Å². The third-order valence-electron chi connectivity index (χ3n) is 4.02. The second kappa shape index (κ2) is 5.98. The SMILES string of the molecule is Cn1ccnc1CN1CCN(c2ccccc2C#N)CC1. The number of imidazole rings is 1. The van der Waals surface area contributed by atoms with E-state index in [-0.39, 0.29) is 0 Å². The van der Waals surface area contributed by atoms with Gasteiger partial charge in [0.25, 0.3) is 0 Å². The Morgan fingerprint density at radius 3 is 2.62 bits per heavy atom. The van der Waals surface area contributed by atoms with Gasteiger partial charge in [-0.15, -0.1) is 0 Å². The summed E-state index contributed by atoms with van der Waals surface area (Å²) in [7, 11) is 2.03. The van der Waals surface area contributed by atoms with Gasteiger partial charge >= 0.3 is 0 Å². The minimum Gasteiger partial charge on any atom is -0.368 e. The Morgan fingerprint density at radius 2 is 1.95 bits per heavy atom. The molecule has 2 aromatic rings. The monoisotopic (exact) mass is 281 g/mol. The molecule has 1 fully saturated rings. The highest BCUT2D eigenvalue weighted by Crippen LogP contribution is 2.21. The molecule has 0 amide bonds. The molecule has 0 saturated carbocycles. The molecule has 5 heteroatoms. The Hall–Kier alpha value is -2.32.